The van der Waals surface area contributed by atoms with Gasteiger partial charge in [0.2, 0.25) is 0 Å². The number of pyridine rings is 1. The predicted molar refractivity (Wildman–Crippen MR) is 71.5 cm³/mol. The Balaban J connectivity index is 2.50. The van der Waals surface area contributed by atoms with Crippen LogP contribution in [0.1, 0.15) is 0 Å². The molecule has 0 saturated heterocycles. The molecule has 1 aromatic heterocycles. The SMILES string of the molecule is Nc1ccc(N(CCO)CC(F)F)c2cccnc12. The Bertz CT molecular complexity index is 563. The number of nitrogens with zero attached hydrogens (tertiary/aromatic N) is 2. The van der Waals surface area contributed by atoms with Gasteiger partial charge in [0, 0.05) is 23.8 Å². The summed E-state index contributed by atoms with van der Waals surface area (Å²) in [4.78, 5) is 5.60. The fraction of sp³-hybridized carbons (Fsp3) is 0.308. The smallest absolute Gasteiger partial charge is 0.255 e. The number of aromatic nitrogens is 1. The van der Waals surface area contributed by atoms with Crippen LogP contribution in [0.15, 0.2) is 30.5 Å². The van der Waals surface area contributed by atoms with Gasteiger partial charge in [-0.3, -0.25) is 4.98 Å². The molecule has 6 heteroatoms. The van der Waals surface area contributed by atoms with Crippen LogP contribution in [0.3, 0.4) is 0 Å². The van der Waals surface area contributed by atoms with Crippen molar-refractivity contribution < 1.29 is 13.9 Å². The van der Waals surface area contributed by atoms with Crippen molar-refractivity contribution in [1.29, 1.82) is 0 Å². The molecule has 102 valence electrons. The summed E-state index contributed by atoms with van der Waals surface area (Å²) in [6.07, 6.45) is -0.873. The number of benzene rings is 1. The molecule has 0 unspecified atom stereocenters. The van der Waals surface area contributed by atoms with Crippen LogP contribution < -0.4 is 10.6 Å². The van der Waals surface area contributed by atoms with Gasteiger partial charge >= 0.3 is 0 Å². The van der Waals surface area contributed by atoms with Crippen LogP contribution in [0, 0.1) is 0 Å². The molecule has 0 spiro atoms. The van der Waals surface area contributed by atoms with E-state index in [1.165, 1.54) is 4.90 Å². The molecular formula is C13H15F2N3O. The van der Waals surface area contributed by atoms with Gasteiger partial charge in [0.15, 0.2) is 0 Å². The maximum atomic E-state index is 12.6. The fourth-order valence-electron chi connectivity index (χ4n) is 2.05. The zero-order valence-electron chi connectivity index (χ0n) is 10.3. The molecule has 0 aliphatic heterocycles. The van der Waals surface area contributed by atoms with E-state index in [9.17, 15) is 8.78 Å². The highest BCUT2D eigenvalue weighted by molar-refractivity contribution is 5.98. The topological polar surface area (TPSA) is 62.4 Å². The van der Waals surface area contributed by atoms with Crippen LogP contribution >= 0.6 is 0 Å². The van der Waals surface area contributed by atoms with E-state index in [0.29, 0.717) is 22.3 Å². The number of rotatable bonds is 5. The van der Waals surface area contributed by atoms with Gasteiger partial charge in [-0.1, -0.05) is 0 Å². The van der Waals surface area contributed by atoms with Crippen LogP contribution in [0.25, 0.3) is 10.9 Å². The van der Waals surface area contributed by atoms with Crippen molar-refractivity contribution in [2.45, 2.75) is 6.43 Å². The van der Waals surface area contributed by atoms with Crippen LogP contribution in [0.4, 0.5) is 20.2 Å². The van der Waals surface area contributed by atoms with Gasteiger partial charge < -0.3 is 15.7 Å². The van der Waals surface area contributed by atoms with Crippen molar-refractivity contribution in [3.05, 3.63) is 30.5 Å². The zero-order chi connectivity index (χ0) is 13.8. The Labute approximate surface area is 109 Å². The van der Waals surface area contributed by atoms with Gasteiger partial charge in [-0.05, 0) is 24.3 Å². The molecule has 1 aromatic carbocycles. The summed E-state index contributed by atoms with van der Waals surface area (Å²) in [7, 11) is 0. The summed E-state index contributed by atoms with van der Waals surface area (Å²) >= 11 is 0. The number of aliphatic hydroxyl groups excluding tert-OH is 1. The summed E-state index contributed by atoms with van der Waals surface area (Å²) in [6.45, 7) is -0.494. The Morgan fingerprint density at radius 1 is 1.32 bits per heavy atom. The number of alkyl halides is 2. The molecular weight excluding hydrogens is 252 g/mol. The number of fused-ring (bicyclic) bond motifs is 1. The number of hydrogen-bond donors (Lipinski definition) is 2. The molecule has 1 heterocycles. The Morgan fingerprint density at radius 3 is 2.79 bits per heavy atom. The lowest BCUT2D eigenvalue weighted by Crippen LogP contribution is -2.31. The van der Waals surface area contributed by atoms with Gasteiger partial charge in [0.25, 0.3) is 6.43 Å². The average Bonchev–Trinajstić information content (AvgIpc) is 2.39. The van der Waals surface area contributed by atoms with Crippen LogP contribution in [0.2, 0.25) is 0 Å². The van der Waals surface area contributed by atoms with Crippen molar-refractivity contribution in [3.8, 4) is 0 Å². The van der Waals surface area contributed by atoms with E-state index in [0.717, 1.165) is 0 Å². The summed E-state index contributed by atoms with van der Waals surface area (Å²) in [6, 6.07) is 6.83. The van der Waals surface area contributed by atoms with E-state index in [1.54, 1.807) is 30.5 Å². The largest absolute Gasteiger partial charge is 0.397 e. The van der Waals surface area contributed by atoms with E-state index in [2.05, 4.69) is 4.98 Å². The minimum atomic E-state index is -2.48. The lowest BCUT2D eigenvalue weighted by atomic mass is 10.1. The van der Waals surface area contributed by atoms with Gasteiger partial charge in [0.05, 0.1) is 24.4 Å². The zero-order valence-corrected chi connectivity index (χ0v) is 10.3. The Kier molecular flexibility index (Phi) is 4.11. The van der Waals surface area contributed by atoms with Crippen molar-refractivity contribution in [2.75, 3.05) is 30.3 Å². The summed E-state index contributed by atoms with van der Waals surface area (Å²) in [5.41, 5.74) is 7.51. The minimum absolute atomic E-state index is 0.137. The fourth-order valence-corrected chi connectivity index (χ4v) is 2.05. The molecule has 2 rings (SSSR count). The molecule has 0 bridgehead atoms. The van der Waals surface area contributed by atoms with Crippen molar-refractivity contribution in [2.24, 2.45) is 0 Å². The molecule has 0 amide bonds. The van der Waals surface area contributed by atoms with E-state index >= 15 is 0 Å². The number of nitrogen functional groups attached to an aromatic ring is 1. The third kappa shape index (κ3) is 2.90. The van der Waals surface area contributed by atoms with E-state index < -0.39 is 13.0 Å². The maximum absolute atomic E-state index is 12.6. The van der Waals surface area contributed by atoms with Crippen molar-refractivity contribution in [1.82, 2.24) is 4.98 Å². The first-order chi connectivity index (χ1) is 9.13. The third-order valence-corrected chi connectivity index (χ3v) is 2.85. The maximum Gasteiger partial charge on any atom is 0.255 e. The first-order valence-corrected chi connectivity index (χ1v) is 5.90. The molecule has 0 aliphatic carbocycles. The minimum Gasteiger partial charge on any atom is -0.397 e. The highest BCUT2D eigenvalue weighted by atomic mass is 19.3. The Hall–Kier alpha value is -1.95. The molecule has 0 atom stereocenters. The van der Waals surface area contributed by atoms with E-state index in [-0.39, 0.29) is 13.2 Å². The average molecular weight is 267 g/mol. The first-order valence-electron chi connectivity index (χ1n) is 5.90. The predicted octanol–water partition coefficient (Wildman–Crippen LogP) is 1.88. The molecule has 0 fully saturated rings. The summed E-state index contributed by atoms with van der Waals surface area (Å²) < 4.78 is 25.2. The van der Waals surface area contributed by atoms with Gasteiger partial charge in [-0.25, -0.2) is 8.78 Å². The molecule has 0 aliphatic rings. The normalized spacial score (nSPS) is 11.2. The quantitative estimate of drug-likeness (QED) is 0.812. The molecule has 19 heavy (non-hydrogen) atoms. The third-order valence-electron chi connectivity index (χ3n) is 2.85. The monoisotopic (exact) mass is 267 g/mol. The summed E-state index contributed by atoms with van der Waals surface area (Å²) in [5.74, 6) is 0. The van der Waals surface area contributed by atoms with Crippen LogP contribution in [-0.2, 0) is 0 Å². The summed E-state index contributed by atoms with van der Waals surface area (Å²) in [5, 5.41) is 9.72. The lowest BCUT2D eigenvalue weighted by Gasteiger charge is -2.25. The lowest BCUT2D eigenvalue weighted by molar-refractivity contribution is 0.153. The second-order valence-corrected chi connectivity index (χ2v) is 4.13. The van der Waals surface area contributed by atoms with Gasteiger partial charge in [-0.15, -0.1) is 0 Å². The van der Waals surface area contributed by atoms with Crippen molar-refractivity contribution in [3.63, 3.8) is 0 Å². The number of halogens is 2. The van der Waals surface area contributed by atoms with Crippen LogP contribution in [0.5, 0.6) is 0 Å². The van der Waals surface area contributed by atoms with Gasteiger partial charge in [-0.2, -0.15) is 0 Å². The number of aliphatic hydroxyl groups is 1. The molecule has 4 nitrogen and oxygen atoms in total. The highest BCUT2D eigenvalue weighted by Gasteiger charge is 2.15. The van der Waals surface area contributed by atoms with E-state index in [1.807, 2.05) is 0 Å². The van der Waals surface area contributed by atoms with Crippen LogP contribution in [-0.4, -0.2) is 36.2 Å². The van der Waals surface area contributed by atoms with E-state index in [4.69, 9.17) is 10.8 Å². The molecule has 2 aromatic rings. The Morgan fingerprint density at radius 2 is 2.11 bits per heavy atom. The highest BCUT2D eigenvalue weighted by Crippen LogP contribution is 2.29. The molecule has 3 N–H and O–H groups in total. The number of hydrogen-bond acceptors (Lipinski definition) is 4. The number of nitrogens with two attached hydrogens (primary N) is 1. The molecule has 0 radical (unpaired) electrons. The first kappa shape index (κ1) is 13.5. The van der Waals surface area contributed by atoms with Crippen molar-refractivity contribution >= 4 is 22.3 Å². The second-order valence-electron chi connectivity index (χ2n) is 4.13. The van der Waals surface area contributed by atoms with Gasteiger partial charge in [0.1, 0.15) is 0 Å². The second kappa shape index (κ2) is 5.79. The molecule has 0 saturated carbocycles. The standard InChI is InChI=1S/C13H15F2N3O/c14-12(15)8-18(6-7-19)11-4-3-10(16)13-9(11)2-1-5-17-13/h1-5,12,19H,6-8,16H2. The number of anilines is 2.